The molecule has 0 radical (unpaired) electrons. The molecule has 2 rings (SSSR count). The molecule has 2 fully saturated rings. The molecule has 2 aliphatic rings. The average Bonchev–Trinajstić information content (AvgIpc) is 2.95. The molecular weight excluding hydrogens is 224 g/mol. The van der Waals surface area contributed by atoms with Crippen LogP contribution in [-0.2, 0) is 19.1 Å². The summed E-state index contributed by atoms with van der Waals surface area (Å²) in [6.07, 6.45) is 1.50. The summed E-state index contributed by atoms with van der Waals surface area (Å²) in [6, 6.07) is -0.707. The van der Waals surface area contributed by atoms with Gasteiger partial charge in [0.1, 0.15) is 6.04 Å². The highest BCUT2D eigenvalue weighted by molar-refractivity contribution is 5.87. The Hall–Kier alpha value is -1.14. The number of esters is 1. The normalized spacial score (nSPS) is 32.8. The Morgan fingerprint density at radius 1 is 1.41 bits per heavy atom. The Labute approximate surface area is 100 Å². The number of rotatable bonds is 2. The highest BCUT2D eigenvalue weighted by atomic mass is 16.5. The Morgan fingerprint density at radius 2 is 2.18 bits per heavy atom. The van der Waals surface area contributed by atoms with Gasteiger partial charge in [0.25, 0.3) is 0 Å². The van der Waals surface area contributed by atoms with E-state index in [1.807, 2.05) is 0 Å². The number of nitrogens with zero attached hydrogens (tertiary/aromatic N) is 1. The smallest absolute Gasteiger partial charge is 0.328 e. The van der Waals surface area contributed by atoms with E-state index in [0.717, 1.165) is 6.42 Å². The van der Waals surface area contributed by atoms with E-state index in [1.54, 1.807) is 4.90 Å². The van der Waals surface area contributed by atoms with Gasteiger partial charge in [-0.15, -0.1) is 0 Å². The molecule has 2 saturated heterocycles. The summed E-state index contributed by atoms with van der Waals surface area (Å²) >= 11 is 0. The van der Waals surface area contributed by atoms with Crippen LogP contribution >= 0.6 is 0 Å². The molecule has 6 heteroatoms. The Bertz CT molecular complexity index is 321. The van der Waals surface area contributed by atoms with Gasteiger partial charge < -0.3 is 20.1 Å². The van der Waals surface area contributed by atoms with Crippen LogP contribution in [0.3, 0.4) is 0 Å². The van der Waals surface area contributed by atoms with Crippen LogP contribution in [0.5, 0.6) is 0 Å². The number of likely N-dealkylation sites (tertiary alicyclic amines) is 1. The van der Waals surface area contributed by atoms with Gasteiger partial charge in [0.05, 0.1) is 26.2 Å². The van der Waals surface area contributed by atoms with Crippen molar-refractivity contribution in [3.05, 3.63) is 0 Å². The van der Waals surface area contributed by atoms with E-state index < -0.39 is 6.04 Å². The van der Waals surface area contributed by atoms with Crippen LogP contribution in [0.4, 0.5) is 0 Å². The first-order chi connectivity index (χ1) is 8.15. The molecule has 96 valence electrons. The SMILES string of the molecule is COC(=O)C1CCCN1C(=O)C1COCC1N. The highest BCUT2D eigenvalue weighted by Gasteiger charge is 2.41. The Balaban J connectivity index is 2.05. The Morgan fingerprint density at radius 3 is 2.76 bits per heavy atom. The largest absolute Gasteiger partial charge is 0.467 e. The summed E-state index contributed by atoms with van der Waals surface area (Å²) in [5.41, 5.74) is 5.81. The summed E-state index contributed by atoms with van der Waals surface area (Å²) in [5.74, 6) is -0.744. The molecule has 6 nitrogen and oxygen atoms in total. The van der Waals surface area contributed by atoms with Crippen LogP contribution in [0.25, 0.3) is 0 Å². The fourth-order valence-electron chi connectivity index (χ4n) is 2.45. The quantitative estimate of drug-likeness (QED) is 0.636. The zero-order valence-electron chi connectivity index (χ0n) is 9.93. The van der Waals surface area contributed by atoms with Crippen molar-refractivity contribution >= 4 is 11.9 Å². The van der Waals surface area contributed by atoms with Crippen LogP contribution in [-0.4, -0.2) is 55.7 Å². The average molecular weight is 242 g/mol. The van der Waals surface area contributed by atoms with Crippen molar-refractivity contribution in [3.63, 3.8) is 0 Å². The number of ether oxygens (including phenoxy) is 2. The number of carbonyl (C=O) groups excluding carboxylic acids is 2. The van der Waals surface area contributed by atoms with Gasteiger partial charge >= 0.3 is 5.97 Å². The first-order valence-corrected chi connectivity index (χ1v) is 5.86. The van der Waals surface area contributed by atoms with E-state index in [9.17, 15) is 9.59 Å². The van der Waals surface area contributed by atoms with Crippen LogP contribution < -0.4 is 5.73 Å². The predicted molar refractivity (Wildman–Crippen MR) is 59.0 cm³/mol. The first-order valence-electron chi connectivity index (χ1n) is 5.86. The van der Waals surface area contributed by atoms with E-state index in [-0.39, 0.29) is 23.8 Å². The number of nitrogens with two attached hydrogens (primary N) is 1. The van der Waals surface area contributed by atoms with E-state index >= 15 is 0 Å². The van der Waals surface area contributed by atoms with E-state index in [0.29, 0.717) is 26.2 Å². The molecule has 0 spiro atoms. The number of carbonyl (C=O) groups is 2. The number of hydrogen-bond donors (Lipinski definition) is 1. The first kappa shape index (κ1) is 12.3. The minimum Gasteiger partial charge on any atom is -0.467 e. The van der Waals surface area contributed by atoms with Crippen molar-refractivity contribution in [2.24, 2.45) is 11.7 Å². The summed E-state index contributed by atoms with van der Waals surface area (Å²) in [4.78, 5) is 25.4. The van der Waals surface area contributed by atoms with Gasteiger partial charge in [-0.1, -0.05) is 0 Å². The zero-order valence-corrected chi connectivity index (χ0v) is 9.93. The monoisotopic (exact) mass is 242 g/mol. The van der Waals surface area contributed by atoms with Gasteiger partial charge in [-0.2, -0.15) is 0 Å². The van der Waals surface area contributed by atoms with Crippen LogP contribution in [0.15, 0.2) is 0 Å². The lowest BCUT2D eigenvalue weighted by atomic mass is 10.0. The van der Waals surface area contributed by atoms with Gasteiger partial charge in [0.15, 0.2) is 0 Å². The second-order valence-corrected chi connectivity index (χ2v) is 4.52. The summed E-state index contributed by atoms with van der Waals surface area (Å²) in [5, 5.41) is 0. The maximum Gasteiger partial charge on any atom is 0.328 e. The standard InChI is InChI=1S/C11H18N2O4/c1-16-11(15)9-3-2-4-13(9)10(14)7-5-17-6-8(7)12/h7-9H,2-6,12H2,1H3. The third-order valence-corrected chi connectivity index (χ3v) is 3.45. The maximum atomic E-state index is 12.2. The molecule has 2 heterocycles. The summed E-state index contributed by atoms with van der Waals surface area (Å²) in [7, 11) is 1.34. The highest BCUT2D eigenvalue weighted by Crippen LogP contribution is 2.23. The van der Waals surface area contributed by atoms with Crippen LogP contribution in [0.1, 0.15) is 12.8 Å². The molecular formula is C11H18N2O4. The molecule has 2 N–H and O–H groups in total. The van der Waals surface area contributed by atoms with Crippen molar-refractivity contribution in [3.8, 4) is 0 Å². The van der Waals surface area contributed by atoms with E-state index in [4.69, 9.17) is 15.2 Å². The van der Waals surface area contributed by atoms with Crippen molar-refractivity contribution < 1.29 is 19.1 Å². The lowest BCUT2D eigenvalue weighted by Crippen LogP contribution is -2.48. The van der Waals surface area contributed by atoms with Crippen molar-refractivity contribution in [2.45, 2.75) is 24.9 Å². The van der Waals surface area contributed by atoms with E-state index in [1.165, 1.54) is 7.11 Å². The molecule has 1 amide bonds. The molecule has 3 unspecified atom stereocenters. The molecule has 0 aliphatic carbocycles. The minimum absolute atomic E-state index is 0.0806. The molecule has 0 aromatic heterocycles. The number of methoxy groups -OCH3 is 1. The minimum atomic E-state index is -0.444. The topological polar surface area (TPSA) is 81.9 Å². The lowest BCUT2D eigenvalue weighted by Gasteiger charge is -2.26. The second kappa shape index (κ2) is 5.01. The molecule has 0 aromatic carbocycles. The number of hydrogen-bond acceptors (Lipinski definition) is 5. The van der Waals surface area contributed by atoms with Gasteiger partial charge in [-0.05, 0) is 12.8 Å². The van der Waals surface area contributed by atoms with Crippen LogP contribution in [0, 0.1) is 5.92 Å². The fourth-order valence-corrected chi connectivity index (χ4v) is 2.45. The molecule has 17 heavy (non-hydrogen) atoms. The third kappa shape index (κ3) is 2.28. The van der Waals surface area contributed by atoms with Gasteiger partial charge in [0.2, 0.25) is 5.91 Å². The Kier molecular flexibility index (Phi) is 3.63. The summed E-state index contributed by atoms with van der Waals surface area (Å²) in [6.45, 7) is 1.36. The predicted octanol–water partition coefficient (Wildman–Crippen LogP) is -0.876. The zero-order chi connectivity index (χ0) is 12.4. The van der Waals surface area contributed by atoms with Crippen molar-refractivity contribution in [1.29, 1.82) is 0 Å². The summed E-state index contributed by atoms with van der Waals surface area (Å²) < 4.78 is 9.89. The fraction of sp³-hybridized carbons (Fsp3) is 0.818. The molecule has 3 atom stereocenters. The molecule has 2 aliphatic heterocycles. The molecule has 0 saturated carbocycles. The molecule has 0 bridgehead atoms. The van der Waals surface area contributed by atoms with Gasteiger partial charge in [-0.25, -0.2) is 4.79 Å². The second-order valence-electron chi connectivity index (χ2n) is 4.52. The van der Waals surface area contributed by atoms with Gasteiger partial charge in [-0.3, -0.25) is 4.79 Å². The molecule has 0 aromatic rings. The van der Waals surface area contributed by atoms with Gasteiger partial charge in [0, 0.05) is 12.6 Å². The lowest BCUT2D eigenvalue weighted by molar-refractivity contribution is -0.152. The van der Waals surface area contributed by atoms with Crippen LogP contribution in [0.2, 0.25) is 0 Å². The van der Waals surface area contributed by atoms with Crippen molar-refractivity contribution in [1.82, 2.24) is 4.90 Å². The van der Waals surface area contributed by atoms with E-state index in [2.05, 4.69) is 0 Å². The third-order valence-electron chi connectivity index (χ3n) is 3.45. The number of amides is 1. The maximum absolute atomic E-state index is 12.2. The van der Waals surface area contributed by atoms with Crippen molar-refractivity contribution in [2.75, 3.05) is 26.9 Å².